The van der Waals surface area contributed by atoms with E-state index in [0.717, 1.165) is 14.8 Å². The van der Waals surface area contributed by atoms with Gasteiger partial charge in [0.2, 0.25) is 10.0 Å². The molecule has 0 aliphatic carbocycles. The second-order valence-electron chi connectivity index (χ2n) is 5.65. The molecule has 0 bridgehead atoms. The van der Waals surface area contributed by atoms with Gasteiger partial charge in [0.15, 0.2) is 0 Å². The van der Waals surface area contributed by atoms with Crippen LogP contribution in [0.5, 0.6) is 5.75 Å². The topological polar surface area (TPSA) is 59.8 Å². The monoisotopic (exact) mass is 453 g/mol. The number of hydrogen-bond donors (Lipinski definition) is 0. The average Bonchev–Trinajstić information content (AvgIpc) is 3.14. The predicted molar refractivity (Wildman–Crippen MR) is 102 cm³/mol. The van der Waals surface area contributed by atoms with Gasteiger partial charge in [-0.2, -0.15) is 4.31 Å². The molecule has 3 rings (SSSR count). The minimum Gasteiger partial charge on any atom is -0.492 e. The first-order chi connectivity index (χ1) is 13.0. The van der Waals surface area contributed by atoms with Crippen LogP contribution in [-0.4, -0.2) is 25.9 Å². The Bertz CT molecular complexity index is 992. The van der Waals surface area contributed by atoms with Crippen molar-refractivity contribution in [2.75, 3.05) is 13.2 Å². The maximum Gasteiger partial charge on any atom is 0.246 e. The molecule has 0 saturated carbocycles. The minimum absolute atomic E-state index is 0.0223. The summed E-state index contributed by atoms with van der Waals surface area (Å²) < 4.78 is 52.9. The Balaban J connectivity index is 1.79. The number of hydrogen-bond acceptors (Lipinski definition) is 4. The van der Waals surface area contributed by atoms with Gasteiger partial charge < -0.3 is 9.15 Å². The van der Waals surface area contributed by atoms with E-state index in [0.29, 0.717) is 11.5 Å². The summed E-state index contributed by atoms with van der Waals surface area (Å²) in [6.07, 6.45) is 1.46. The highest BCUT2D eigenvalue weighted by molar-refractivity contribution is 9.10. The zero-order valence-electron chi connectivity index (χ0n) is 14.2. The molecule has 1 aromatic heterocycles. The van der Waals surface area contributed by atoms with Crippen LogP contribution in [0.15, 0.2) is 80.7 Å². The van der Waals surface area contributed by atoms with Crippen molar-refractivity contribution >= 4 is 26.0 Å². The summed E-state index contributed by atoms with van der Waals surface area (Å²) in [6.45, 7) is 0.111. The lowest BCUT2D eigenvalue weighted by atomic mass is 10.3. The Morgan fingerprint density at radius 3 is 2.59 bits per heavy atom. The van der Waals surface area contributed by atoms with Crippen molar-refractivity contribution in [3.05, 3.63) is 83.0 Å². The summed E-state index contributed by atoms with van der Waals surface area (Å²) in [4.78, 5) is -0.376. The highest BCUT2D eigenvalue weighted by Crippen LogP contribution is 2.22. The number of benzene rings is 2. The number of halogens is 2. The molecule has 0 fully saturated rings. The van der Waals surface area contributed by atoms with Gasteiger partial charge in [-0.3, -0.25) is 0 Å². The van der Waals surface area contributed by atoms with E-state index in [1.165, 1.54) is 24.5 Å². The van der Waals surface area contributed by atoms with Gasteiger partial charge in [-0.25, -0.2) is 12.8 Å². The van der Waals surface area contributed by atoms with Gasteiger partial charge in [0.05, 0.1) is 12.8 Å². The molecule has 0 unspecified atom stereocenters. The maximum atomic E-state index is 14.1. The molecule has 8 heteroatoms. The standard InChI is InChI=1S/C19H17BrFNO4S/c20-15-5-3-6-16(13-15)26-12-10-22(14-17-7-4-11-25-17)27(23,24)19-9-2-1-8-18(19)21/h1-9,11,13H,10,12,14H2. The number of nitrogens with zero attached hydrogens (tertiary/aromatic N) is 1. The van der Waals surface area contributed by atoms with Gasteiger partial charge in [0, 0.05) is 11.0 Å². The zero-order valence-corrected chi connectivity index (χ0v) is 16.6. The van der Waals surface area contributed by atoms with Gasteiger partial charge in [0.25, 0.3) is 0 Å². The third kappa shape index (κ3) is 4.97. The summed E-state index contributed by atoms with van der Waals surface area (Å²) in [6, 6.07) is 15.9. The minimum atomic E-state index is -4.06. The van der Waals surface area contributed by atoms with Crippen molar-refractivity contribution < 1.29 is 22.0 Å². The average molecular weight is 454 g/mol. The fourth-order valence-corrected chi connectivity index (χ4v) is 4.31. The molecule has 5 nitrogen and oxygen atoms in total. The molecule has 3 aromatic rings. The Hall–Kier alpha value is -2.16. The van der Waals surface area contributed by atoms with Crippen LogP contribution in [0.3, 0.4) is 0 Å². The fraction of sp³-hybridized carbons (Fsp3) is 0.158. The van der Waals surface area contributed by atoms with Gasteiger partial charge in [-0.1, -0.05) is 34.1 Å². The van der Waals surface area contributed by atoms with E-state index in [1.807, 2.05) is 12.1 Å². The molecular formula is C19H17BrFNO4S. The predicted octanol–water partition coefficient (Wildman–Crippen LogP) is 4.45. The van der Waals surface area contributed by atoms with Gasteiger partial charge in [0.1, 0.15) is 28.8 Å². The van der Waals surface area contributed by atoms with E-state index < -0.39 is 15.8 Å². The van der Waals surface area contributed by atoms with Crippen LogP contribution in [0.25, 0.3) is 0 Å². The highest BCUT2D eigenvalue weighted by atomic mass is 79.9. The van der Waals surface area contributed by atoms with E-state index >= 15 is 0 Å². The maximum absolute atomic E-state index is 14.1. The molecule has 2 aromatic carbocycles. The smallest absolute Gasteiger partial charge is 0.246 e. The molecule has 27 heavy (non-hydrogen) atoms. The van der Waals surface area contributed by atoms with Crippen LogP contribution in [0.1, 0.15) is 5.76 Å². The van der Waals surface area contributed by atoms with Crippen molar-refractivity contribution in [2.45, 2.75) is 11.4 Å². The van der Waals surface area contributed by atoms with Gasteiger partial charge >= 0.3 is 0 Å². The van der Waals surface area contributed by atoms with Crippen molar-refractivity contribution in [3.63, 3.8) is 0 Å². The molecule has 0 radical (unpaired) electrons. The lowest BCUT2D eigenvalue weighted by Gasteiger charge is -2.21. The molecule has 0 spiro atoms. The highest BCUT2D eigenvalue weighted by Gasteiger charge is 2.28. The van der Waals surface area contributed by atoms with Crippen LogP contribution >= 0.6 is 15.9 Å². The Labute approximate surface area is 165 Å². The van der Waals surface area contributed by atoms with Crippen molar-refractivity contribution in [1.29, 1.82) is 0 Å². The quantitative estimate of drug-likeness (QED) is 0.505. The zero-order chi connectivity index (χ0) is 19.3. The lowest BCUT2D eigenvalue weighted by molar-refractivity contribution is 0.261. The lowest BCUT2D eigenvalue weighted by Crippen LogP contribution is -2.34. The normalized spacial score (nSPS) is 11.7. The second-order valence-corrected chi connectivity index (χ2v) is 8.48. The van der Waals surface area contributed by atoms with Crippen molar-refractivity contribution in [3.8, 4) is 5.75 Å². The van der Waals surface area contributed by atoms with E-state index in [2.05, 4.69) is 15.9 Å². The molecule has 0 N–H and O–H groups in total. The third-order valence-electron chi connectivity index (χ3n) is 3.77. The molecule has 1 heterocycles. The van der Waals surface area contributed by atoms with Crippen molar-refractivity contribution in [1.82, 2.24) is 4.31 Å². The molecule has 0 amide bonds. The first-order valence-corrected chi connectivity index (χ1v) is 10.4. The van der Waals surface area contributed by atoms with Crippen LogP contribution < -0.4 is 4.74 Å². The van der Waals surface area contributed by atoms with E-state index in [4.69, 9.17) is 9.15 Å². The Morgan fingerprint density at radius 2 is 1.89 bits per heavy atom. The number of rotatable bonds is 8. The van der Waals surface area contributed by atoms with Crippen LogP contribution in [-0.2, 0) is 16.6 Å². The van der Waals surface area contributed by atoms with Crippen LogP contribution in [0.4, 0.5) is 4.39 Å². The van der Waals surface area contributed by atoms with E-state index in [-0.39, 0.29) is 24.6 Å². The number of sulfonamides is 1. The SMILES string of the molecule is O=S(=O)(c1ccccc1F)N(CCOc1cccc(Br)c1)Cc1ccco1. The summed E-state index contributed by atoms with van der Waals surface area (Å²) in [5, 5.41) is 0. The van der Waals surface area contributed by atoms with E-state index in [9.17, 15) is 12.8 Å². The van der Waals surface area contributed by atoms with Gasteiger partial charge in [-0.15, -0.1) is 0 Å². The summed E-state index contributed by atoms with van der Waals surface area (Å²) >= 11 is 3.35. The number of furan rings is 1. The van der Waals surface area contributed by atoms with Crippen LogP contribution in [0.2, 0.25) is 0 Å². The third-order valence-corrected chi connectivity index (χ3v) is 6.14. The molecule has 0 aliphatic heterocycles. The molecule has 0 saturated heterocycles. The molecule has 0 atom stereocenters. The summed E-state index contributed by atoms with van der Waals surface area (Å²) in [5.41, 5.74) is 0. The van der Waals surface area contributed by atoms with E-state index in [1.54, 1.807) is 24.3 Å². The Morgan fingerprint density at radius 1 is 1.07 bits per heavy atom. The molecule has 0 aliphatic rings. The first-order valence-electron chi connectivity index (χ1n) is 8.12. The molecular weight excluding hydrogens is 437 g/mol. The van der Waals surface area contributed by atoms with Crippen LogP contribution in [0, 0.1) is 5.82 Å². The largest absolute Gasteiger partial charge is 0.492 e. The summed E-state index contributed by atoms with van der Waals surface area (Å²) in [7, 11) is -4.06. The Kier molecular flexibility index (Phi) is 6.30. The fourth-order valence-electron chi connectivity index (χ4n) is 2.48. The first kappa shape index (κ1) is 19.6. The van der Waals surface area contributed by atoms with Crippen molar-refractivity contribution in [2.24, 2.45) is 0 Å². The second kappa shape index (κ2) is 8.69. The number of ether oxygens (including phenoxy) is 1. The summed E-state index contributed by atoms with van der Waals surface area (Å²) in [5.74, 6) is 0.262. The van der Waals surface area contributed by atoms with Gasteiger partial charge in [-0.05, 0) is 42.5 Å². The molecule has 142 valence electrons.